The van der Waals surface area contributed by atoms with Gasteiger partial charge < -0.3 is 42.8 Å². The summed E-state index contributed by atoms with van der Waals surface area (Å²) in [6, 6.07) is 30.6. The Morgan fingerprint density at radius 2 is 0.707 bits per heavy atom. The lowest BCUT2D eigenvalue weighted by molar-refractivity contribution is 0.0353. The van der Waals surface area contributed by atoms with Crippen molar-refractivity contribution in [3.63, 3.8) is 0 Å². The summed E-state index contributed by atoms with van der Waals surface area (Å²) in [6.07, 6.45) is 0.691. The van der Waals surface area contributed by atoms with Crippen molar-refractivity contribution >= 4 is 12.2 Å². The third kappa shape index (κ3) is 15.8. The number of carbonyl (C=O) groups is 2. The lowest BCUT2D eigenvalue weighted by atomic mass is 10.1. The van der Waals surface area contributed by atoms with Crippen molar-refractivity contribution in [1.82, 2.24) is 14.7 Å². The molecule has 4 rings (SSSR count). The molecule has 2 amide bonds. The van der Waals surface area contributed by atoms with Gasteiger partial charge in [0.2, 0.25) is 0 Å². The minimum absolute atomic E-state index is 0.132. The van der Waals surface area contributed by atoms with E-state index in [1.54, 1.807) is 38.2 Å². The van der Waals surface area contributed by atoms with Crippen LogP contribution in [0.5, 0.6) is 23.0 Å². The lowest BCUT2D eigenvalue weighted by Gasteiger charge is -2.25. The Hall–Kier alpha value is -5.50. The van der Waals surface area contributed by atoms with E-state index in [1.807, 2.05) is 111 Å². The molecule has 314 valence electrons. The highest BCUT2D eigenvalue weighted by molar-refractivity contribution is 5.68. The van der Waals surface area contributed by atoms with Crippen molar-refractivity contribution in [2.75, 3.05) is 82.2 Å². The van der Waals surface area contributed by atoms with E-state index >= 15 is 0 Å². The predicted octanol–water partition coefficient (Wildman–Crippen LogP) is 7.44. The zero-order chi connectivity index (χ0) is 41.5. The molecule has 0 saturated carbocycles. The second-order valence-electron chi connectivity index (χ2n) is 13.8. The molecule has 13 nitrogen and oxygen atoms in total. The summed E-state index contributed by atoms with van der Waals surface area (Å²) in [6.45, 7) is 3.31. The molecular formula is C45H59N3O10. The van der Waals surface area contributed by atoms with Crippen LogP contribution in [-0.2, 0) is 45.1 Å². The highest BCUT2D eigenvalue weighted by Crippen LogP contribution is 2.20. The summed E-state index contributed by atoms with van der Waals surface area (Å²) < 4.78 is 44.1. The molecule has 0 aliphatic carbocycles. The van der Waals surface area contributed by atoms with Gasteiger partial charge in [-0.25, -0.2) is 9.59 Å². The summed E-state index contributed by atoms with van der Waals surface area (Å²) in [5, 5.41) is 0. The summed E-state index contributed by atoms with van der Waals surface area (Å²) in [4.78, 5) is 31.9. The van der Waals surface area contributed by atoms with E-state index in [4.69, 9.17) is 37.9 Å². The SMILES string of the molecule is COc1ccc(CN(Cc2ccc(OC)cc2)C(=O)OCCOCCC(CCOCCOC(=O)N(Cc2ccc(OC)cc2)Cc2ccc(OC)cc2)N(C)C)cc1. The maximum absolute atomic E-state index is 13.2. The number of amides is 2. The number of hydrogen-bond donors (Lipinski definition) is 0. The monoisotopic (exact) mass is 801 g/mol. The van der Waals surface area contributed by atoms with Gasteiger partial charge in [-0.1, -0.05) is 48.5 Å². The summed E-state index contributed by atoms with van der Waals surface area (Å²) in [5.74, 6) is 3.00. The molecule has 0 spiro atoms. The topological polar surface area (TPSA) is 118 Å². The molecule has 13 heteroatoms. The van der Waals surface area contributed by atoms with Gasteiger partial charge in [-0.15, -0.1) is 0 Å². The largest absolute Gasteiger partial charge is 0.497 e. The van der Waals surface area contributed by atoms with Crippen LogP contribution in [0.2, 0.25) is 0 Å². The third-order valence-corrected chi connectivity index (χ3v) is 9.47. The Kier molecular flexibility index (Phi) is 19.5. The van der Waals surface area contributed by atoms with E-state index in [0.717, 1.165) is 58.1 Å². The first-order chi connectivity index (χ1) is 28.2. The van der Waals surface area contributed by atoms with E-state index in [2.05, 4.69) is 4.90 Å². The molecule has 0 fully saturated rings. The van der Waals surface area contributed by atoms with Crippen molar-refractivity contribution in [3.05, 3.63) is 119 Å². The normalized spacial score (nSPS) is 11.0. The summed E-state index contributed by atoms with van der Waals surface area (Å²) in [7, 11) is 10.5. The highest BCUT2D eigenvalue weighted by atomic mass is 16.6. The number of hydrogen-bond acceptors (Lipinski definition) is 11. The van der Waals surface area contributed by atoms with Crippen LogP contribution >= 0.6 is 0 Å². The zero-order valence-electron chi connectivity index (χ0n) is 34.7. The fourth-order valence-corrected chi connectivity index (χ4v) is 6.04. The van der Waals surface area contributed by atoms with Crippen molar-refractivity contribution in [2.24, 2.45) is 0 Å². The lowest BCUT2D eigenvalue weighted by Crippen LogP contribution is -2.32. The molecule has 0 saturated heterocycles. The van der Waals surface area contributed by atoms with Gasteiger partial charge >= 0.3 is 12.2 Å². The van der Waals surface area contributed by atoms with Gasteiger partial charge in [0.05, 0.1) is 41.7 Å². The molecule has 0 radical (unpaired) electrons. The van der Waals surface area contributed by atoms with Crippen LogP contribution in [0.4, 0.5) is 9.59 Å². The average molecular weight is 802 g/mol. The fraction of sp³-hybridized carbons (Fsp3) is 0.422. The molecular weight excluding hydrogens is 743 g/mol. The predicted molar refractivity (Wildman–Crippen MR) is 222 cm³/mol. The standard InChI is InChI=1S/C45H59N3O10/c1-46(2)39(23-25-55-27-29-57-44(49)47(31-35-7-15-40(51-3)16-8-35)32-36-9-17-41(52-4)18-10-36)24-26-56-28-30-58-45(50)48(33-37-11-19-42(53-5)20-12-37)34-38-13-21-43(54-6)22-14-38/h7-22,39H,23-34H2,1-6H3. The molecule has 0 aliphatic heterocycles. The Bertz CT molecular complexity index is 1530. The van der Waals surface area contributed by atoms with Gasteiger partial charge in [-0.3, -0.25) is 9.80 Å². The first-order valence-electron chi connectivity index (χ1n) is 19.4. The molecule has 58 heavy (non-hydrogen) atoms. The molecule has 0 bridgehead atoms. The average Bonchev–Trinajstić information content (AvgIpc) is 3.25. The van der Waals surface area contributed by atoms with Crippen LogP contribution < -0.4 is 18.9 Å². The van der Waals surface area contributed by atoms with Gasteiger partial charge in [0, 0.05) is 45.4 Å². The fourth-order valence-electron chi connectivity index (χ4n) is 6.04. The number of methoxy groups -OCH3 is 4. The Balaban J connectivity index is 1.16. The highest BCUT2D eigenvalue weighted by Gasteiger charge is 2.19. The van der Waals surface area contributed by atoms with E-state index in [1.165, 1.54) is 0 Å². The number of nitrogens with zero attached hydrogens (tertiary/aromatic N) is 3. The van der Waals surface area contributed by atoms with Gasteiger partial charge in [-0.05, 0) is 97.7 Å². The Morgan fingerprint density at radius 3 is 0.948 bits per heavy atom. The van der Waals surface area contributed by atoms with Gasteiger partial charge in [0.15, 0.2) is 0 Å². The van der Waals surface area contributed by atoms with Crippen LogP contribution in [-0.4, -0.2) is 115 Å². The van der Waals surface area contributed by atoms with E-state index in [-0.39, 0.29) is 32.5 Å². The van der Waals surface area contributed by atoms with Crippen molar-refractivity contribution in [2.45, 2.75) is 45.1 Å². The first kappa shape index (κ1) is 45.2. The van der Waals surface area contributed by atoms with Crippen molar-refractivity contribution in [3.8, 4) is 23.0 Å². The molecule has 4 aromatic rings. The minimum Gasteiger partial charge on any atom is -0.497 e. The molecule has 0 N–H and O–H groups in total. The molecule has 0 unspecified atom stereocenters. The van der Waals surface area contributed by atoms with E-state index in [0.29, 0.717) is 39.4 Å². The molecule has 0 atom stereocenters. The smallest absolute Gasteiger partial charge is 0.410 e. The maximum Gasteiger partial charge on any atom is 0.410 e. The number of benzene rings is 4. The third-order valence-electron chi connectivity index (χ3n) is 9.47. The molecule has 0 aliphatic rings. The van der Waals surface area contributed by atoms with Crippen LogP contribution in [0.15, 0.2) is 97.1 Å². The van der Waals surface area contributed by atoms with Crippen LogP contribution in [0.1, 0.15) is 35.1 Å². The second kappa shape index (κ2) is 25.0. The Morgan fingerprint density at radius 1 is 0.431 bits per heavy atom. The van der Waals surface area contributed by atoms with Gasteiger partial charge in [0.1, 0.15) is 36.2 Å². The van der Waals surface area contributed by atoms with E-state index in [9.17, 15) is 9.59 Å². The van der Waals surface area contributed by atoms with Crippen LogP contribution in [0, 0.1) is 0 Å². The molecule has 0 aromatic heterocycles. The van der Waals surface area contributed by atoms with E-state index < -0.39 is 12.2 Å². The van der Waals surface area contributed by atoms with Gasteiger partial charge in [0.25, 0.3) is 0 Å². The summed E-state index contributed by atoms with van der Waals surface area (Å²) >= 11 is 0. The number of carbonyl (C=O) groups excluding carboxylic acids is 2. The zero-order valence-corrected chi connectivity index (χ0v) is 34.7. The quantitative estimate of drug-likeness (QED) is 0.0623. The Labute approximate surface area is 343 Å². The second-order valence-corrected chi connectivity index (χ2v) is 13.8. The number of ether oxygens (including phenoxy) is 8. The van der Waals surface area contributed by atoms with Crippen molar-refractivity contribution < 1.29 is 47.5 Å². The molecule has 0 heterocycles. The number of rotatable bonds is 25. The molecule has 4 aromatic carbocycles. The minimum atomic E-state index is -0.425. The van der Waals surface area contributed by atoms with Crippen LogP contribution in [0.25, 0.3) is 0 Å². The van der Waals surface area contributed by atoms with Gasteiger partial charge in [-0.2, -0.15) is 0 Å². The maximum atomic E-state index is 13.2. The summed E-state index contributed by atoms with van der Waals surface area (Å²) in [5.41, 5.74) is 3.82. The van der Waals surface area contributed by atoms with Crippen molar-refractivity contribution in [1.29, 1.82) is 0 Å². The first-order valence-corrected chi connectivity index (χ1v) is 19.4. The van der Waals surface area contributed by atoms with Crippen LogP contribution in [0.3, 0.4) is 0 Å².